The molecule has 2 saturated heterocycles. The summed E-state index contributed by atoms with van der Waals surface area (Å²) >= 11 is 5.13. The second-order valence-electron chi connectivity index (χ2n) is 8.61. The Balaban J connectivity index is 1.37. The molecule has 0 aromatic heterocycles. The maximum Gasteiger partial charge on any atom is 0.416 e. The molecule has 2 aliphatic heterocycles. The molecule has 10 heteroatoms. The Kier molecular flexibility index (Phi) is 6.32. The third-order valence-corrected chi connectivity index (χ3v) is 6.42. The number of fused-ring (bicyclic) bond motifs is 3. The molecule has 3 aliphatic rings. The molecule has 0 unspecified atom stereocenters. The highest BCUT2D eigenvalue weighted by Crippen LogP contribution is 2.49. The van der Waals surface area contributed by atoms with Crippen molar-refractivity contribution in [2.75, 3.05) is 5.32 Å². The van der Waals surface area contributed by atoms with Crippen LogP contribution in [0.5, 0.6) is 0 Å². The maximum atomic E-state index is 12.9. The second kappa shape index (κ2) is 8.90. The van der Waals surface area contributed by atoms with Crippen molar-refractivity contribution in [1.29, 1.82) is 0 Å². The Morgan fingerprint density at radius 3 is 2.94 bits per heavy atom. The summed E-state index contributed by atoms with van der Waals surface area (Å²) < 4.78 is 50.0. The minimum atomic E-state index is -4.44. The number of anilines is 1. The number of nitrogens with one attached hydrogen (secondary N) is 2. The highest BCUT2D eigenvalue weighted by atomic mass is 32.1. The van der Waals surface area contributed by atoms with Gasteiger partial charge in [-0.25, -0.2) is 4.79 Å². The molecule has 1 aliphatic carbocycles. The van der Waals surface area contributed by atoms with Crippen molar-refractivity contribution in [3.05, 3.63) is 53.6 Å². The number of hydrogen-bond donors (Lipinski definition) is 2. The predicted molar refractivity (Wildman–Crippen MR) is 122 cm³/mol. The average Bonchev–Trinajstić information content (AvgIpc) is 3.33. The third-order valence-electron chi connectivity index (χ3n) is 6.22. The van der Waals surface area contributed by atoms with Crippen LogP contribution in [0.4, 0.5) is 18.9 Å². The van der Waals surface area contributed by atoms with E-state index in [-0.39, 0.29) is 40.5 Å². The summed E-state index contributed by atoms with van der Waals surface area (Å²) in [7, 11) is 0. The fourth-order valence-corrected chi connectivity index (χ4v) is 4.48. The van der Waals surface area contributed by atoms with E-state index in [9.17, 15) is 18.0 Å². The summed E-state index contributed by atoms with van der Waals surface area (Å²) in [5, 5.41) is 6.89. The number of rotatable bonds is 3. The maximum absolute atomic E-state index is 12.9. The van der Waals surface area contributed by atoms with Gasteiger partial charge in [-0.3, -0.25) is 5.43 Å². The van der Waals surface area contributed by atoms with E-state index in [2.05, 4.69) is 28.5 Å². The quantitative estimate of drug-likeness (QED) is 0.163. The third kappa shape index (κ3) is 5.27. The minimum absolute atomic E-state index is 0.0657. The van der Waals surface area contributed by atoms with Crippen LogP contribution in [-0.2, 0) is 20.4 Å². The molecule has 2 fully saturated rings. The lowest BCUT2D eigenvalue weighted by Crippen LogP contribution is -2.29. The van der Waals surface area contributed by atoms with E-state index in [0.29, 0.717) is 18.4 Å². The molecule has 0 bridgehead atoms. The molecule has 176 valence electrons. The first-order valence-electron chi connectivity index (χ1n) is 10.6. The Morgan fingerprint density at radius 2 is 2.18 bits per heavy atom. The Labute approximate surface area is 194 Å². The summed E-state index contributed by atoms with van der Waals surface area (Å²) in [6, 6.07) is 4.75. The monoisotopic (exact) mass is 479 g/mol. The van der Waals surface area contributed by atoms with Crippen molar-refractivity contribution in [3.63, 3.8) is 0 Å². The van der Waals surface area contributed by atoms with Crippen LogP contribution in [0.15, 0.2) is 53.2 Å². The van der Waals surface area contributed by atoms with Gasteiger partial charge in [-0.05, 0) is 68.6 Å². The number of allylic oxidation sites excluding steroid dienone is 2. The molecule has 0 amide bonds. The molecule has 2 heterocycles. The van der Waals surface area contributed by atoms with E-state index >= 15 is 0 Å². The topological polar surface area (TPSA) is 75.2 Å². The van der Waals surface area contributed by atoms with E-state index in [1.165, 1.54) is 12.1 Å². The number of ether oxygens (including phenoxy) is 2. The van der Waals surface area contributed by atoms with Gasteiger partial charge in [-0.1, -0.05) is 18.7 Å². The van der Waals surface area contributed by atoms with Crippen molar-refractivity contribution in [2.45, 2.75) is 56.6 Å². The van der Waals surface area contributed by atoms with Gasteiger partial charge in [0.15, 0.2) is 5.11 Å². The molecule has 0 radical (unpaired) electrons. The zero-order valence-corrected chi connectivity index (χ0v) is 18.8. The van der Waals surface area contributed by atoms with Gasteiger partial charge in [0.05, 0.1) is 17.4 Å². The fourth-order valence-electron chi connectivity index (χ4n) is 4.31. The lowest BCUT2D eigenvalue weighted by molar-refractivity contribution is -0.140. The Hall–Kier alpha value is -2.72. The molecular formula is C23H24F3N3O3S. The van der Waals surface area contributed by atoms with Crippen LogP contribution in [0.3, 0.4) is 0 Å². The van der Waals surface area contributed by atoms with Gasteiger partial charge in [0.2, 0.25) is 0 Å². The van der Waals surface area contributed by atoms with Gasteiger partial charge < -0.3 is 14.8 Å². The summed E-state index contributed by atoms with van der Waals surface area (Å²) in [5.74, 6) is -0.482. The fraction of sp³-hybridized carbons (Fsp3) is 0.435. The first-order chi connectivity index (χ1) is 15.6. The average molecular weight is 480 g/mol. The number of hydrogen-bond acceptors (Lipinski definition) is 5. The number of benzene rings is 1. The number of halogens is 3. The van der Waals surface area contributed by atoms with E-state index in [1.807, 2.05) is 6.92 Å². The van der Waals surface area contributed by atoms with Gasteiger partial charge >= 0.3 is 12.1 Å². The Morgan fingerprint density at radius 1 is 1.39 bits per heavy atom. The smallest absolute Gasteiger partial charge is 0.416 e. The molecule has 0 spiro atoms. The number of nitrogens with zero attached hydrogens (tertiary/aromatic N) is 1. The number of alkyl halides is 3. The van der Waals surface area contributed by atoms with Crippen LogP contribution < -0.4 is 10.7 Å². The van der Waals surface area contributed by atoms with Gasteiger partial charge in [0.25, 0.3) is 0 Å². The number of carbonyl (C=O) groups excluding carboxylic acids is 1. The molecule has 2 N–H and O–H groups in total. The number of thiocarbonyl (C=S) groups is 1. The summed E-state index contributed by atoms with van der Waals surface area (Å²) in [6.45, 7) is 5.92. The predicted octanol–water partition coefficient (Wildman–Crippen LogP) is 4.73. The van der Waals surface area contributed by atoms with Crippen LogP contribution in [-0.4, -0.2) is 35.1 Å². The summed E-state index contributed by atoms with van der Waals surface area (Å²) in [5.41, 5.74) is 3.17. The van der Waals surface area contributed by atoms with Crippen molar-refractivity contribution in [3.8, 4) is 0 Å². The molecule has 4 rings (SSSR count). The van der Waals surface area contributed by atoms with Gasteiger partial charge in [0, 0.05) is 17.2 Å². The van der Waals surface area contributed by atoms with Crippen molar-refractivity contribution < 1.29 is 27.4 Å². The van der Waals surface area contributed by atoms with Crippen molar-refractivity contribution in [1.82, 2.24) is 5.43 Å². The summed E-state index contributed by atoms with van der Waals surface area (Å²) in [6.07, 6.45) is 1.72. The highest BCUT2D eigenvalue weighted by molar-refractivity contribution is 7.80. The molecule has 6 nitrogen and oxygen atoms in total. The van der Waals surface area contributed by atoms with Gasteiger partial charge in [-0.2, -0.15) is 18.3 Å². The van der Waals surface area contributed by atoms with Crippen molar-refractivity contribution in [2.24, 2.45) is 11.0 Å². The largest absolute Gasteiger partial charge is 0.455 e. The molecule has 1 aromatic carbocycles. The minimum Gasteiger partial charge on any atom is -0.455 e. The highest BCUT2D eigenvalue weighted by Gasteiger charge is 2.61. The van der Waals surface area contributed by atoms with E-state index in [0.717, 1.165) is 30.5 Å². The van der Waals surface area contributed by atoms with Gasteiger partial charge in [0.1, 0.15) is 12.2 Å². The number of carbonyl (C=O) groups is 1. The van der Waals surface area contributed by atoms with Gasteiger partial charge in [-0.15, -0.1) is 0 Å². The normalized spacial score (nSPS) is 31.2. The first-order valence-corrected chi connectivity index (χ1v) is 11.0. The van der Waals surface area contributed by atoms with Crippen LogP contribution in [0.1, 0.15) is 38.2 Å². The number of epoxide rings is 1. The van der Waals surface area contributed by atoms with Crippen LogP contribution in [0.2, 0.25) is 0 Å². The second-order valence-corrected chi connectivity index (χ2v) is 9.02. The Bertz CT molecular complexity index is 1040. The lowest BCUT2D eigenvalue weighted by Gasteiger charge is -2.19. The number of esters is 1. The SMILES string of the molecule is C=C1C(=O)O[C@H]2[C@H]1CCC(/C=N/NC(=S)Nc1cccc(C(F)(F)F)c1)=C\CC[C@@]1(C)O[C@@H]21. The van der Waals surface area contributed by atoms with E-state index in [4.69, 9.17) is 21.7 Å². The molecular weight excluding hydrogens is 455 g/mol. The van der Waals surface area contributed by atoms with Crippen LogP contribution >= 0.6 is 12.2 Å². The molecule has 4 atom stereocenters. The lowest BCUT2D eigenvalue weighted by atomic mass is 9.84. The molecule has 0 saturated carbocycles. The first kappa shape index (κ1) is 23.4. The van der Waals surface area contributed by atoms with Crippen LogP contribution in [0.25, 0.3) is 0 Å². The zero-order chi connectivity index (χ0) is 23.8. The van der Waals surface area contributed by atoms with E-state index < -0.39 is 11.7 Å². The number of hydrazone groups is 1. The molecule has 33 heavy (non-hydrogen) atoms. The molecule has 1 aromatic rings. The zero-order valence-electron chi connectivity index (χ0n) is 17.9. The standard InChI is InChI=1S/C23H24F3N3O3S/c1-13-17-9-8-14(5-4-10-22(2)19(32-22)18(17)31-20(13)30)12-27-29-21(33)28-16-7-3-6-15(11-16)23(24,25)26/h3,5-7,11-12,17-19H,1,4,8-10H2,2H3,(H2,28,29,33)/b14-5+,27-12+/t17-,18-,19-,22+/m0/s1. The van der Waals surface area contributed by atoms with Crippen molar-refractivity contribution >= 4 is 35.2 Å². The summed E-state index contributed by atoms with van der Waals surface area (Å²) in [4.78, 5) is 12.0. The van der Waals surface area contributed by atoms with E-state index in [1.54, 1.807) is 6.21 Å². The van der Waals surface area contributed by atoms with Crippen LogP contribution in [0, 0.1) is 5.92 Å².